The first kappa shape index (κ1) is 18.1. The van der Waals surface area contributed by atoms with E-state index in [0.29, 0.717) is 6.54 Å². The molecule has 0 unspecified atom stereocenters. The maximum atomic E-state index is 5.48. The van der Waals surface area contributed by atoms with Crippen LogP contribution in [0.4, 0.5) is 5.95 Å². The van der Waals surface area contributed by atoms with Gasteiger partial charge in [0.15, 0.2) is 0 Å². The molecule has 2 aromatic heterocycles. The van der Waals surface area contributed by atoms with Crippen LogP contribution in [0.25, 0.3) is 22.1 Å². The Hall–Kier alpha value is -2.90. The van der Waals surface area contributed by atoms with Crippen molar-refractivity contribution in [2.45, 2.75) is 13.1 Å². The van der Waals surface area contributed by atoms with Crippen LogP contribution in [0.3, 0.4) is 0 Å². The van der Waals surface area contributed by atoms with Gasteiger partial charge in [0.2, 0.25) is 0 Å². The van der Waals surface area contributed by atoms with Gasteiger partial charge in [-0.2, -0.15) is 0 Å². The normalized spacial score (nSPS) is 15.3. The number of rotatable bonds is 6. The van der Waals surface area contributed by atoms with E-state index in [9.17, 15) is 0 Å². The van der Waals surface area contributed by atoms with E-state index in [1.165, 1.54) is 5.52 Å². The van der Waals surface area contributed by atoms with E-state index in [1.54, 1.807) is 0 Å². The summed E-state index contributed by atoms with van der Waals surface area (Å²) in [5, 5.41) is 3.59. The number of aromatic nitrogens is 4. The highest BCUT2D eigenvalue weighted by atomic mass is 16.5. The van der Waals surface area contributed by atoms with E-state index in [2.05, 4.69) is 73.8 Å². The average molecular weight is 391 g/mol. The Morgan fingerprint density at radius 2 is 1.90 bits per heavy atom. The second-order valence-electron chi connectivity index (χ2n) is 7.53. The monoisotopic (exact) mass is 391 g/mol. The molecule has 7 nitrogen and oxygen atoms in total. The third kappa shape index (κ3) is 3.59. The molecule has 4 aromatic rings. The molecular formula is C22H27N6O+. The zero-order valence-electron chi connectivity index (χ0n) is 16.8. The number of imidazole rings is 2. The number of fused-ring (bicyclic) bond motifs is 2. The predicted molar refractivity (Wildman–Crippen MR) is 114 cm³/mol. The van der Waals surface area contributed by atoms with Crippen LogP contribution in [-0.2, 0) is 24.9 Å². The highest BCUT2D eigenvalue weighted by Crippen LogP contribution is 2.16. The molecule has 29 heavy (non-hydrogen) atoms. The van der Waals surface area contributed by atoms with Gasteiger partial charge < -0.3 is 9.30 Å². The lowest BCUT2D eigenvalue weighted by molar-refractivity contribution is -0.656. The standard InChI is InChI=1S/C22H26N6O/c1-26-19-8-4-2-6-17(19)24-21(26)16-23-22-25-18-7-3-5-9-20(18)28(22)11-10-27-12-14-29-15-13-27/h2-9H,10-16H2,1H3,(H,23,25)/p+1. The zero-order valence-corrected chi connectivity index (χ0v) is 16.8. The molecule has 2 N–H and O–H groups in total. The first-order chi connectivity index (χ1) is 14.3. The molecule has 0 saturated carbocycles. The lowest BCUT2D eigenvalue weighted by Gasteiger charge is -2.26. The molecule has 150 valence electrons. The van der Waals surface area contributed by atoms with Crippen molar-refractivity contribution in [1.82, 2.24) is 19.4 Å². The Morgan fingerprint density at radius 1 is 1.10 bits per heavy atom. The van der Waals surface area contributed by atoms with Gasteiger partial charge in [0.25, 0.3) is 0 Å². The van der Waals surface area contributed by atoms with E-state index in [1.807, 2.05) is 6.07 Å². The van der Waals surface area contributed by atoms with Crippen molar-refractivity contribution in [2.24, 2.45) is 7.05 Å². The molecule has 0 radical (unpaired) electrons. The van der Waals surface area contributed by atoms with Crippen molar-refractivity contribution in [2.75, 3.05) is 38.2 Å². The minimum Gasteiger partial charge on any atom is -0.379 e. The van der Waals surface area contributed by atoms with Crippen LogP contribution in [0, 0.1) is 0 Å². The molecule has 0 spiro atoms. The number of H-pyrrole nitrogens is 1. The Labute approximate surface area is 169 Å². The van der Waals surface area contributed by atoms with Gasteiger partial charge >= 0.3 is 5.95 Å². The Bertz CT molecular complexity index is 1120. The Balaban J connectivity index is 1.39. The minimum absolute atomic E-state index is 0.662. The summed E-state index contributed by atoms with van der Waals surface area (Å²) in [5.74, 6) is 2.04. The SMILES string of the molecule is Cn1c(CNc2[nH]c3ccccc3[n+]2CCN2CCOCC2)nc2ccccc21. The lowest BCUT2D eigenvalue weighted by Crippen LogP contribution is -2.45. The maximum Gasteiger partial charge on any atom is 0.356 e. The number of aryl methyl sites for hydroxylation is 1. The van der Waals surface area contributed by atoms with Crippen molar-refractivity contribution in [3.05, 3.63) is 54.4 Å². The molecule has 7 heteroatoms. The van der Waals surface area contributed by atoms with Crippen LogP contribution in [0.1, 0.15) is 5.82 Å². The fraction of sp³-hybridized carbons (Fsp3) is 0.364. The molecule has 1 aliphatic heterocycles. The number of para-hydroxylation sites is 4. The first-order valence-corrected chi connectivity index (χ1v) is 10.2. The fourth-order valence-electron chi connectivity index (χ4n) is 4.08. The Kier molecular flexibility index (Phi) is 4.91. The molecule has 2 aromatic carbocycles. The number of ether oxygens (including phenoxy) is 1. The molecule has 5 rings (SSSR count). The number of benzene rings is 2. The number of anilines is 1. The molecule has 0 bridgehead atoms. The van der Waals surface area contributed by atoms with Gasteiger partial charge in [-0.15, -0.1) is 0 Å². The summed E-state index contributed by atoms with van der Waals surface area (Å²) in [7, 11) is 2.07. The van der Waals surface area contributed by atoms with Crippen LogP contribution in [0.15, 0.2) is 48.5 Å². The van der Waals surface area contributed by atoms with Crippen LogP contribution in [0.5, 0.6) is 0 Å². The van der Waals surface area contributed by atoms with Crippen molar-refractivity contribution in [3.8, 4) is 0 Å². The maximum absolute atomic E-state index is 5.48. The summed E-state index contributed by atoms with van der Waals surface area (Å²) in [4.78, 5) is 10.8. The molecule has 0 amide bonds. The summed E-state index contributed by atoms with van der Waals surface area (Å²) < 4.78 is 9.97. The van der Waals surface area contributed by atoms with Gasteiger partial charge in [-0.05, 0) is 24.3 Å². The highest BCUT2D eigenvalue weighted by molar-refractivity contribution is 5.76. The summed E-state index contributed by atoms with van der Waals surface area (Å²) in [6.07, 6.45) is 0. The third-order valence-corrected chi connectivity index (χ3v) is 5.76. The molecule has 3 heterocycles. The van der Waals surface area contributed by atoms with E-state index < -0.39 is 0 Å². The number of aromatic amines is 1. The van der Waals surface area contributed by atoms with Crippen LogP contribution >= 0.6 is 0 Å². The number of nitrogens with one attached hydrogen (secondary N) is 2. The molecule has 0 atom stereocenters. The number of hydrogen-bond acceptors (Lipinski definition) is 4. The van der Waals surface area contributed by atoms with Gasteiger partial charge in [0, 0.05) is 26.7 Å². The number of nitrogens with zero attached hydrogens (tertiary/aromatic N) is 4. The van der Waals surface area contributed by atoms with Crippen LogP contribution < -0.4 is 9.88 Å². The molecular weight excluding hydrogens is 364 g/mol. The van der Waals surface area contributed by atoms with Crippen LogP contribution in [-0.4, -0.2) is 52.3 Å². The molecule has 1 saturated heterocycles. The molecule has 0 aliphatic carbocycles. The van der Waals surface area contributed by atoms with Crippen molar-refractivity contribution < 1.29 is 9.30 Å². The van der Waals surface area contributed by atoms with Crippen molar-refractivity contribution in [1.29, 1.82) is 0 Å². The zero-order chi connectivity index (χ0) is 19.6. The summed E-state index contributed by atoms with van der Waals surface area (Å²) in [6, 6.07) is 16.7. The summed E-state index contributed by atoms with van der Waals surface area (Å²) >= 11 is 0. The second-order valence-corrected chi connectivity index (χ2v) is 7.53. The second kappa shape index (κ2) is 7.85. The van der Waals surface area contributed by atoms with Gasteiger partial charge in [-0.3, -0.25) is 10.2 Å². The predicted octanol–water partition coefficient (Wildman–Crippen LogP) is 2.29. The number of hydrogen-bond donors (Lipinski definition) is 2. The molecule has 1 aliphatic rings. The quantitative estimate of drug-likeness (QED) is 0.495. The smallest absolute Gasteiger partial charge is 0.356 e. The number of morpholine rings is 1. The third-order valence-electron chi connectivity index (χ3n) is 5.76. The lowest BCUT2D eigenvalue weighted by atomic mass is 10.3. The minimum atomic E-state index is 0.662. The summed E-state index contributed by atoms with van der Waals surface area (Å²) in [5.41, 5.74) is 4.54. The van der Waals surface area contributed by atoms with Gasteiger partial charge in [0.05, 0.1) is 30.8 Å². The van der Waals surface area contributed by atoms with Gasteiger partial charge in [-0.25, -0.2) is 14.5 Å². The largest absolute Gasteiger partial charge is 0.379 e. The highest BCUT2D eigenvalue weighted by Gasteiger charge is 2.19. The first-order valence-electron chi connectivity index (χ1n) is 10.2. The van der Waals surface area contributed by atoms with Crippen LogP contribution in [0.2, 0.25) is 0 Å². The Morgan fingerprint density at radius 3 is 2.76 bits per heavy atom. The summed E-state index contributed by atoms with van der Waals surface area (Å²) in [6.45, 7) is 6.27. The van der Waals surface area contributed by atoms with Gasteiger partial charge in [0.1, 0.15) is 23.4 Å². The molecule has 1 fully saturated rings. The van der Waals surface area contributed by atoms with E-state index in [4.69, 9.17) is 9.72 Å². The van der Waals surface area contributed by atoms with E-state index in [0.717, 1.165) is 67.7 Å². The average Bonchev–Trinajstić information content (AvgIpc) is 3.29. The topological polar surface area (TPSA) is 62.0 Å². The van der Waals surface area contributed by atoms with Crippen molar-refractivity contribution >= 4 is 28.0 Å². The van der Waals surface area contributed by atoms with E-state index >= 15 is 0 Å². The van der Waals surface area contributed by atoms with Gasteiger partial charge in [-0.1, -0.05) is 24.3 Å². The fourth-order valence-corrected chi connectivity index (χ4v) is 4.08. The van der Waals surface area contributed by atoms with Crippen molar-refractivity contribution in [3.63, 3.8) is 0 Å². The van der Waals surface area contributed by atoms with E-state index in [-0.39, 0.29) is 0 Å².